The van der Waals surface area contributed by atoms with Gasteiger partial charge < -0.3 is 14.8 Å². The average molecular weight is 285 g/mol. The van der Waals surface area contributed by atoms with Gasteiger partial charge in [-0.3, -0.25) is 4.98 Å². The van der Waals surface area contributed by atoms with Gasteiger partial charge in [-0.25, -0.2) is 0 Å². The number of nitrogens with one attached hydrogen (secondary N) is 1. The molecule has 0 radical (unpaired) electrons. The predicted octanol–water partition coefficient (Wildman–Crippen LogP) is 1.92. The Labute approximate surface area is 119 Å². The van der Waals surface area contributed by atoms with E-state index in [9.17, 15) is 0 Å². The Morgan fingerprint density at radius 2 is 2.47 bits per heavy atom. The van der Waals surface area contributed by atoms with Crippen molar-refractivity contribution in [1.29, 1.82) is 0 Å². The first-order valence-electron chi connectivity index (χ1n) is 6.62. The fourth-order valence-electron chi connectivity index (χ4n) is 2.47. The Bertz CT molecular complexity index is 395. The summed E-state index contributed by atoms with van der Waals surface area (Å²) in [6.07, 6.45) is 5.49. The van der Waals surface area contributed by atoms with Crippen LogP contribution in [0.2, 0.25) is 5.02 Å². The van der Waals surface area contributed by atoms with Crippen LogP contribution in [0.5, 0.6) is 0 Å². The summed E-state index contributed by atoms with van der Waals surface area (Å²) in [6, 6.07) is 2.00. The third-order valence-electron chi connectivity index (χ3n) is 3.59. The van der Waals surface area contributed by atoms with Crippen molar-refractivity contribution in [1.82, 2.24) is 10.3 Å². The first kappa shape index (κ1) is 14.7. The number of hydrogen-bond acceptors (Lipinski definition) is 4. The molecule has 1 N–H and O–H groups in total. The Balaban J connectivity index is 1.97. The van der Waals surface area contributed by atoms with Crippen molar-refractivity contribution in [3.63, 3.8) is 0 Å². The quantitative estimate of drug-likeness (QED) is 0.777. The molecule has 0 spiro atoms. The summed E-state index contributed by atoms with van der Waals surface area (Å²) in [5.74, 6) is 0. The van der Waals surface area contributed by atoms with Crippen LogP contribution < -0.4 is 5.32 Å². The summed E-state index contributed by atoms with van der Waals surface area (Å²) in [5, 5.41) is 4.19. The standard InChI is InChI=1S/C14H21ClN2O2/c1-18-7-5-17-10-14(3-6-19-11-14)8-12-2-4-16-9-13(12)15/h2,4,9,17H,3,5-8,10-11H2,1H3. The van der Waals surface area contributed by atoms with Crippen molar-refractivity contribution in [2.45, 2.75) is 12.8 Å². The second-order valence-corrected chi connectivity index (χ2v) is 5.52. The molecule has 2 rings (SSSR count). The van der Waals surface area contributed by atoms with E-state index < -0.39 is 0 Å². The average Bonchev–Trinajstić information content (AvgIpc) is 2.87. The van der Waals surface area contributed by atoms with E-state index in [0.29, 0.717) is 0 Å². The summed E-state index contributed by atoms with van der Waals surface area (Å²) in [6.45, 7) is 4.13. The molecule has 1 aliphatic heterocycles. The van der Waals surface area contributed by atoms with Gasteiger partial charge in [0.1, 0.15) is 0 Å². The van der Waals surface area contributed by atoms with Crippen LogP contribution in [0.15, 0.2) is 18.5 Å². The maximum absolute atomic E-state index is 6.20. The van der Waals surface area contributed by atoms with Crippen LogP contribution in [0.1, 0.15) is 12.0 Å². The number of nitrogens with zero attached hydrogens (tertiary/aromatic N) is 1. The Kier molecular flexibility index (Phi) is 5.58. The lowest BCUT2D eigenvalue weighted by atomic mass is 9.81. The van der Waals surface area contributed by atoms with E-state index in [1.165, 1.54) is 0 Å². The van der Waals surface area contributed by atoms with Gasteiger partial charge >= 0.3 is 0 Å². The van der Waals surface area contributed by atoms with Crippen molar-refractivity contribution >= 4 is 11.6 Å². The number of ether oxygens (including phenoxy) is 2. The fraction of sp³-hybridized carbons (Fsp3) is 0.643. The highest BCUT2D eigenvalue weighted by molar-refractivity contribution is 6.31. The molecule has 0 bridgehead atoms. The number of rotatable bonds is 7. The number of halogens is 1. The zero-order chi connectivity index (χ0) is 13.6. The minimum atomic E-state index is 0.138. The second-order valence-electron chi connectivity index (χ2n) is 5.12. The first-order chi connectivity index (χ1) is 9.26. The zero-order valence-electron chi connectivity index (χ0n) is 11.3. The van der Waals surface area contributed by atoms with Crippen LogP contribution in [0.25, 0.3) is 0 Å². The lowest BCUT2D eigenvalue weighted by Crippen LogP contribution is -2.38. The monoisotopic (exact) mass is 284 g/mol. The smallest absolute Gasteiger partial charge is 0.0621 e. The van der Waals surface area contributed by atoms with E-state index in [2.05, 4.69) is 10.3 Å². The number of aromatic nitrogens is 1. The van der Waals surface area contributed by atoms with Gasteiger partial charge in [0.2, 0.25) is 0 Å². The molecule has 5 heteroatoms. The van der Waals surface area contributed by atoms with Crippen LogP contribution in [0.3, 0.4) is 0 Å². The minimum absolute atomic E-state index is 0.138. The molecule has 1 fully saturated rings. The molecule has 1 aliphatic rings. The molecule has 2 heterocycles. The van der Waals surface area contributed by atoms with Crippen molar-refractivity contribution in [2.24, 2.45) is 5.41 Å². The fourth-order valence-corrected chi connectivity index (χ4v) is 2.66. The number of methoxy groups -OCH3 is 1. The lowest BCUT2D eigenvalue weighted by Gasteiger charge is -2.28. The molecular formula is C14H21ClN2O2. The summed E-state index contributed by atoms with van der Waals surface area (Å²) in [5.41, 5.74) is 1.29. The maximum atomic E-state index is 6.20. The molecule has 1 saturated heterocycles. The van der Waals surface area contributed by atoms with Gasteiger partial charge in [0, 0.05) is 44.6 Å². The van der Waals surface area contributed by atoms with E-state index in [0.717, 1.165) is 56.3 Å². The topological polar surface area (TPSA) is 43.4 Å². The normalized spacial score (nSPS) is 22.8. The van der Waals surface area contributed by atoms with Crippen molar-refractivity contribution in [2.75, 3.05) is 40.0 Å². The summed E-state index contributed by atoms with van der Waals surface area (Å²) in [4.78, 5) is 4.03. The van der Waals surface area contributed by atoms with Crippen LogP contribution >= 0.6 is 11.6 Å². The highest BCUT2D eigenvalue weighted by Gasteiger charge is 2.35. The van der Waals surface area contributed by atoms with Gasteiger partial charge in [-0.15, -0.1) is 0 Å². The summed E-state index contributed by atoms with van der Waals surface area (Å²) in [7, 11) is 1.72. The van der Waals surface area contributed by atoms with Gasteiger partial charge in [0.05, 0.1) is 18.2 Å². The predicted molar refractivity (Wildman–Crippen MR) is 75.6 cm³/mol. The number of hydrogen-bond donors (Lipinski definition) is 1. The molecule has 1 atom stereocenters. The van der Waals surface area contributed by atoms with Crippen LogP contribution in [-0.4, -0.2) is 45.0 Å². The molecule has 0 aromatic carbocycles. The Hall–Kier alpha value is -0.680. The largest absolute Gasteiger partial charge is 0.383 e. The molecule has 1 aromatic heterocycles. The molecular weight excluding hydrogens is 264 g/mol. The van der Waals surface area contributed by atoms with E-state index in [1.807, 2.05) is 6.07 Å². The van der Waals surface area contributed by atoms with Crippen molar-refractivity contribution in [3.8, 4) is 0 Å². The van der Waals surface area contributed by atoms with Crippen LogP contribution in [0.4, 0.5) is 0 Å². The van der Waals surface area contributed by atoms with Gasteiger partial charge in [0.25, 0.3) is 0 Å². The van der Waals surface area contributed by atoms with Crippen molar-refractivity contribution < 1.29 is 9.47 Å². The Morgan fingerprint density at radius 1 is 1.58 bits per heavy atom. The number of pyridine rings is 1. The maximum Gasteiger partial charge on any atom is 0.0621 e. The van der Waals surface area contributed by atoms with E-state index in [-0.39, 0.29) is 5.41 Å². The van der Waals surface area contributed by atoms with E-state index in [1.54, 1.807) is 19.5 Å². The Morgan fingerprint density at radius 3 is 3.16 bits per heavy atom. The van der Waals surface area contributed by atoms with Crippen molar-refractivity contribution in [3.05, 3.63) is 29.0 Å². The molecule has 1 unspecified atom stereocenters. The highest BCUT2D eigenvalue weighted by atomic mass is 35.5. The first-order valence-corrected chi connectivity index (χ1v) is 6.99. The minimum Gasteiger partial charge on any atom is -0.383 e. The van der Waals surface area contributed by atoms with Gasteiger partial charge in [-0.1, -0.05) is 11.6 Å². The van der Waals surface area contributed by atoms with Crippen LogP contribution in [-0.2, 0) is 15.9 Å². The third kappa shape index (κ3) is 4.14. The van der Waals surface area contributed by atoms with Gasteiger partial charge in [0.15, 0.2) is 0 Å². The molecule has 0 amide bonds. The zero-order valence-corrected chi connectivity index (χ0v) is 12.1. The van der Waals surface area contributed by atoms with Gasteiger partial charge in [-0.05, 0) is 24.5 Å². The van der Waals surface area contributed by atoms with E-state index in [4.69, 9.17) is 21.1 Å². The lowest BCUT2D eigenvalue weighted by molar-refractivity contribution is 0.145. The molecule has 1 aromatic rings. The molecule has 19 heavy (non-hydrogen) atoms. The third-order valence-corrected chi connectivity index (χ3v) is 3.93. The summed E-state index contributed by atoms with van der Waals surface area (Å²) < 4.78 is 10.7. The molecule has 0 saturated carbocycles. The molecule has 106 valence electrons. The van der Waals surface area contributed by atoms with Gasteiger partial charge in [-0.2, -0.15) is 0 Å². The van der Waals surface area contributed by atoms with E-state index >= 15 is 0 Å². The molecule has 0 aliphatic carbocycles. The molecule has 4 nitrogen and oxygen atoms in total. The SMILES string of the molecule is COCCNCC1(Cc2ccncc2Cl)CCOC1. The second kappa shape index (κ2) is 7.20. The summed E-state index contributed by atoms with van der Waals surface area (Å²) >= 11 is 6.20. The van der Waals surface area contributed by atoms with Crippen LogP contribution in [0, 0.1) is 5.41 Å². The highest BCUT2D eigenvalue weighted by Crippen LogP contribution is 2.33.